The largest absolute Gasteiger partial charge is 0.484 e. The lowest BCUT2D eigenvalue weighted by atomic mass is 10.2. The summed E-state index contributed by atoms with van der Waals surface area (Å²) in [6.07, 6.45) is 0. The Morgan fingerprint density at radius 1 is 1.42 bits per heavy atom. The molecule has 0 fully saturated rings. The van der Waals surface area contributed by atoms with Crippen LogP contribution in [0.25, 0.3) is 0 Å². The van der Waals surface area contributed by atoms with Gasteiger partial charge in [0.1, 0.15) is 5.75 Å². The van der Waals surface area contributed by atoms with Crippen LogP contribution in [0.2, 0.25) is 0 Å². The molecular weight excluding hydrogens is 312 g/mol. The lowest BCUT2D eigenvalue weighted by molar-refractivity contribution is 0.277. The highest BCUT2D eigenvalue weighted by Gasteiger charge is 2.11. The molecule has 1 aromatic carbocycles. The zero-order valence-electron chi connectivity index (χ0n) is 10.8. The quantitative estimate of drug-likeness (QED) is 0.914. The van der Waals surface area contributed by atoms with Gasteiger partial charge in [-0.25, -0.2) is 0 Å². The summed E-state index contributed by atoms with van der Waals surface area (Å²) in [4.78, 5) is 4.23. The number of nitrogens with zero attached hydrogens (tertiary/aromatic N) is 2. The van der Waals surface area contributed by atoms with Crippen LogP contribution in [0, 0.1) is 0 Å². The second kappa shape index (κ2) is 6.16. The molecule has 0 amide bonds. The van der Waals surface area contributed by atoms with Gasteiger partial charge in [0.15, 0.2) is 6.61 Å². The van der Waals surface area contributed by atoms with Crippen molar-refractivity contribution >= 4 is 15.9 Å². The number of hydrogen-bond acceptors (Lipinski definition) is 5. The number of aromatic nitrogens is 2. The van der Waals surface area contributed by atoms with Crippen LogP contribution in [0.5, 0.6) is 5.75 Å². The number of ether oxygens (including phenoxy) is 1. The molecule has 0 saturated heterocycles. The molecule has 1 N–H and O–H groups in total. The Morgan fingerprint density at radius 3 is 2.79 bits per heavy atom. The van der Waals surface area contributed by atoms with Crippen molar-refractivity contribution in [2.24, 2.45) is 0 Å². The van der Waals surface area contributed by atoms with Gasteiger partial charge in [0.25, 0.3) is 0 Å². The molecule has 0 radical (unpaired) electrons. The minimum Gasteiger partial charge on any atom is -0.484 e. The van der Waals surface area contributed by atoms with Gasteiger partial charge in [-0.1, -0.05) is 25.1 Å². The number of hydrogen-bond donors (Lipinski definition) is 1. The topological polar surface area (TPSA) is 68.4 Å². The molecule has 2 aromatic rings. The van der Waals surface area contributed by atoms with Gasteiger partial charge in [0.2, 0.25) is 11.7 Å². The van der Waals surface area contributed by atoms with Crippen molar-refractivity contribution in [3.63, 3.8) is 0 Å². The summed E-state index contributed by atoms with van der Waals surface area (Å²) in [5.41, 5.74) is 0.820. The molecule has 0 bridgehead atoms. The van der Waals surface area contributed by atoms with Crippen molar-refractivity contribution in [3.05, 3.63) is 40.0 Å². The first-order chi connectivity index (χ1) is 9.10. The molecule has 0 aliphatic heterocycles. The smallest absolute Gasteiger partial charge is 0.229 e. The highest BCUT2D eigenvalue weighted by atomic mass is 79.9. The lowest BCUT2D eigenvalue weighted by Gasteiger charge is -2.07. The van der Waals surface area contributed by atoms with Gasteiger partial charge in [0.05, 0.1) is 11.1 Å². The van der Waals surface area contributed by atoms with Crippen molar-refractivity contribution in [1.82, 2.24) is 10.1 Å². The third kappa shape index (κ3) is 3.54. The van der Waals surface area contributed by atoms with Gasteiger partial charge in [-0.3, -0.25) is 0 Å². The summed E-state index contributed by atoms with van der Waals surface area (Å²) < 4.78 is 11.5. The summed E-state index contributed by atoms with van der Waals surface area (Å²) in [7, 11) is 0. The van der Waals surface area contributed by atoms with Crippen LogP contribution in [-0.4, -0.2) is 15.2 Å². The van der Waals surface area contributed by atoms with Crippen molar-refractivity contribution in [3.8, 4) is 5.75 Å². The molecule has 19 heavy (non-hydrogen) atoms. The zero-order chi connectivity index (χ0) is 13.8. The Morgan fingerprint density at radius 2 is 2.21 bits per heavy atom. The summed E-state index contributed by atoms with van der Waals surface area (Å²) in [6.45, 7) is 4.22. The molecule has 1 aromatic heterocycles. The zero-order valence-corrected chi connectivity index (χ0v) is 12.3. The van der Waals surface area contributed by atoms with Crippen molar-refractivity contribution in [2.75, 3.05) is 0 Å². The third-order valence-electron chi connectivity index (χ3n) is 2.51. The molecule has 6 heteroatoms. The fourth-order valence-corrected chi connectivity index (χ4v) is 2.00. The maximum absolute atomic E-state index is 9.02. The van der Waals surface area contributed by atoms with Crippen LogP contribution in [0.4, 0.5) is 0 Å². The highest BCUT2D eigenvalue weighted by Crippen LogP contribution is 2.26. The van der Waals surface area contributed by atoms with Gasteiger partial charge in [-0.2, -0.15) is 4.98 Å². The van der Waals surface area contributed by atoms with Crippen LogP contribution in [0.15, 0.2) is 27.2 Å². The van der Waals surface area contributed by atoms with Crippen LogP contribution in [-0.2, 0) is 13.2 Å². The third-order valence-corrected chi connectivity index (χ3v) is 3.13. The summed E-state index contributed by atoms with van der Waals surface area (Å²) in [5, 5.41) is 12.9. The predicted molar refractivity (Wildman–Crippen MR) is 72.8 cm³/mol. The molecule has 2 rings (SSSR count). The minimum atomic E-state index is 0.00146. The average molecular weight is 327 g/mol. The van der Waals surface area contributed by atoms with Gasteiger partial charge in [0, 0.05) is 5.92 Å². The normalized spacial score (nSPS) is 11.0. The Bertz CT molecular complexity index is 555. The van der Waals surface area contributed by atoms with E-state index >= 15 is 0 Å². The van der Waals surface area contributed by atoms with E-state index in [-0.39, 0.29) is 19.1 Å². The predicted octanol–water partition coefficient (Wildman–Crippen LogP) is 3.03. The Kier molecular flexibility index (Phi) is 4.55. The van der Waals surface area contributed by atoms with Gasteiger partial charge in [-0.15, -0.1) is 0 Å². The number of rotatable bonds is 5. The van der Waals surface area contributed by atoms with E-state index in [1.54, 1.807) is 12.1 Å². The maximum atomic E-state index is 9.02. The molecule has 0 aliphatic rings. The molecule has 0 spiro atoms. The second-order valence-corrected chi connectivity index (χ2v) is 5.27. The molecule has 102 valence electrons. The van der Waals surface area contributed by atoms with E-state index in [1.807, 2.05) is 19.9 Å². The monoisotopic (exact) mass is 326 g/mol. The summed E-state index contributed by atoms with van der Waals surface area (Å²) in [5.74, 6) is 2.00. The van der Waals surface area contributed by atoms with E-state index in [2.05, 4.69) is 26.1 Å². The SMILES string of the molecule is CC(C)c1nc(COc2ccc(CO)cc2Br)no1. The van der Waals surface area contributed by atoms with Crippen LogP contribution < -0.4 is 4.74 Å². The number of halogens is 1. The lowest BCUT2D eigenvalue weighted by Crippen LogP contribution is -1.99. The van der Waals surface area contributed by atoms with E-state index in [1.165, 1.54) is 0 Å². The maximum Gasteiger partial charge on any atom is 0.229 e. The van der Waals surface area contributed by atoms with Crippen molar-refractivity contribution in [1.29, 1.82) is 0 Å². The first-order valence-corrected chi connectivity index (χ1v) is 6.74. The number of aliphatic hydroxyl groups excluding tert-OH is 1. The first-order valence-electron chi connectivity index (χ1n) is 5.94. The molecule has 1 heterocycles. The molecule has 0 unspecified atom stereocenters. The fraction of sp³-hybridized carbons (Fsp3) is 0.385. The van der Waals surface area contributed by atoms with Gasteiger partial charge in [-0.05, 0) is 33.6 Å². The summed E-state index contributed by atoms with van der Waals surface area (Å²) >= 11 is 3.39. The van der Waals surface area contributed by atoms with E-state index in [0.29, 0.717) is 17.5 Å². The standard InChI is InChI=1S/C13H15BrN2O3/c1-8(2)13-15-12(16-19-13)7-18-11-4-3-9(6-17)5-10(11)14/h3-5,8,17H,6-7H2,1-2H3. The van der Waals surface area contributed by atoms with Crippen molar-refractivity contribution in [2.45, 2.75) is 33.0 Å². The van der Waals surface area contributed by atoms with E-state index in [9.17, 15) is 0 Å². The molecular formula is C13H15BrN2O3. The van der Waals surface area contributed by atoms with Gasteiger partial charge < -0.3 is 14.4 Å². The number of aliphatic hydroxyl groups is 1. The Hall–Kier alpha value is -1.40. The summed E-state index contributed by atoms with van der Waals surface area (Å²) in [6, 6.07) is 5.40. The van der Waals surface area contributed by atoms with Crippen LogP contribution >= 0.6 is 15.9 Å². The van der Waals surface area contributed by atoms with E-state index in [0.717, 1.165) is 10.0 Å². The van der Waals surface area contributed by atoms with E-state index < -0.39 is 0 Å². The molecule has 0 saturated carbocycles. The molecule has 0 atom stereocenters. The molecule has 5 nitrogen and oxygen atoms in total. The highest BCUT2D eigenvalue weighted by molar-refractivity contribution is 9.10. The Labute approximate surface area is 119 Å². The number of benzene rings is 1. The van der Waals surface area contributed by atoms with E-state index in [4.69, 9.17) is 14.4 Å². The van der Waals surface area contributed by atoms with Crippen molar-refractivity contribution < 1.29 is 14.4 Å². The fourth-order valence-electron chi connectivity index (χ4n) is 1.46. The van der Waals surface area contributed by atoms with Crippen LogP contribution in [0.3, 0.4) is 0 Å². The first kappa shape index (κ1) is 14.0. The minimum absolute atomic E-state index is 0.00146. The van der Waals surface area contributed by atoms with Crippen LogP contribution in [0.1, 0.15) is 37.0 Å². The molecule has 0 aliphatic carbocycles. The Balaban J connectivity index is 2.01. The average Bonchev–Trinajstić information content (AvgIpc) is 2.86. The van der Waals surface area contributed by atoms with Gasteiger partial charge >= 0.3 is 0 Å². The second-order valence-electron chi connectivity index (χ2n) is 4.42.